The number of anilines is 1. The van der Waals surface area contributed by atoms with Crippen LogP contribution in [0, 0.1) is 5.82 Å². The van der Waals surface area contributed by atoms with Crippen LogP contribution in [0.3, 0.4) is 0 Å². The van der Waals surface area contributed by atoms with E-state index < -0.39 is 0 Å². The van der Waals surface area contributed by atoms with Gasteiger partial charge in [-0.25, -0.2) is 9.37 Å². The number of benzene rings is 1. The number of halogens is 1. The number of hydrogen-bond acceptors (Lipinski definition) is 7. The number of carbonyl (C=O) groups excluding carboxylic acids is 1. The Labute approximate surface area is 189 Å². The molecule has 1 aromatic carbocycles. The number of methoxy groups -OCH3 is 1. The average Bonchev–Trinajstić information content (AvgIpc) is 3.28. The van der Waals surface area contributed by atoms with Gasteiger partial charge >= 0.3 is 0 Å². The van der Waals surface area contributed by atoms with Gasteiger partial charge in [0.15, 0.2) is 0 Å². The molecule has 1 amide bonds. The Morgan fingerprint density at radius 1 is 1.32 bits per heavy atom. The molecule has 166 valence electrons. The Kier molecular flexibility index (Phi) is 6.98. The third kappa shape index (κ3) is 4.96. The summed E-state index contributed by atoms with van der Waals surface area (Å²) in [6.45, 7) is 6.23. The van der Waals surface area contributed by atoms with Gasteiger partial charge in [0.1, 0.15) is 15.8 Å². The lowest BCUT2D eigenvalue weighted by Gasteiger charge is -2.26. The highest BCUT2D eigenvalue weighted by Crippen LogP contribution is 2.47. The molecule has 0 fully saturated rings. The monoisotopic (exact) mass is 462 g/mol. The highest BCUT2D eigenvalue weighted by atomic mass is 32.1. The van der Waals surface area contributed by atoms with E-state index in [9.17, 15) is 9.18 Å². The molecule has 0 radical (unpaired) electrons. The first-order valence-corrected chi connectivity index (χ1v) is 12.1. The lowest BCUT2D eigenvalue weighted by molar-refractivity contribution is -0.116. The standard InChI is InChI=1S/C22H27FN4O2S2/c1-12-10-15-19(21-26-16-11-14(23)4-5-17(16)30-21)22(31-20(15)13(2)25-12)27-18(28)6-7-24-8-9-29-3/h4-5,11-13,24-25H,6-10H2,1-3H3,(H,27,28)/t12-,13+/m1/s1. The normalized spacial score (nSPS) is 18.3. The molecule has 0 bridgehead atoms. The van der Waals surface area contributed by atoms with Gasteiger partial charge in [0.25, 0.3) is 0 Å². The van der Waals surface area contributed by atoms with Crippen molar-refractivity contribution in [1.82, 2.24) is 15.6 Å². The number of thiazole rings is 1. The van der Waals surface area contributed by atoms with E-state index in [2.05, 4.69) is 29.8 Å². The number of nitrogens with one attached hydrogen (secondary N) is 3. The summed E-state index contributed by atoms with van der Waals surface area (Å²) in [5.74, 6) is -0.330. The number of aromatic nitrogens is 1. The molecule has 31 heavy (non-hydrogen) atoms. The molecule has 0 saturated heterocycles. The number of carbonyl (C=O) groups is 1. The number of ether oxygens (including phenoxy) is 1. The van der Waals surface area contributed by atoms with Crippen LogP contribution in [0.1, 0.15) is 36.8 Å². The second-order valence-electron chi connectivity index (χ2n) is 7.81. The van der Waals surface area contributed by atoms with Gasteiger partial charge in [-0.3, -0.25) is 4.79 Å². The topological polar surface area (TPSA) is 75.3 Å². The van der Waals surface area contributed by atoms with Crippen LogP contribution in [-0.2, 0) is 16.0 Å². The van der Waals surface area contributed by atoms with Crippen LogP contribution in [0.25, 0.3) is 20.8 Å². The predicted octanol–water partition coefficient (Wildman–Crippen LogP) is 4.32. The van der Waals surface area contributed by atoms with Gasteiger partial charge in [-0.1, -0.05) is 0 Å². The van der Waals surface area contributed by atoms with Crippen molar-refractivity contribution in [2.24, 2.45) is 0 Å². The van der Waals surface area contributed by atoms with Gasteiger partial charge < -0.3 is 20.7 Å². The lowest BCUT2D eigenvalue weighted by Crippen LogP contribution is -2.35. The maximum Gasteiger partial charge on any atom is 0.226 e. The molecule has 3 N–H and O–H groups in total. The molecule has 3 heterocycles. The fourth-order valence-corrected chi connectivity index (χ4v) is 6.26. The molecule has 9 heteroatoms. The molecule has 0 aliphatic carbocycles. The summed E-state index contributed by atoms with van der Waals surface area (Å²) in [5, 5.41) is 11.5. The molecule has 4 rings (SSSR count). The minimum absolute atomic E-state index is 0.0365. The van der Waals surface area contributed by atoms with E-state index in [1.54, 1.807) is 24.5 Å². The number of amides is 1. The third-order valence-corrected chi connectivity index (χ3v) is 7.69. The second kappa shape index (κ2) is 9.70. The van der Waals surface area contributed by atoms with E-state index in [4.69, 9.17) is 9.72 Å². The molecular weight excluding hydrogens is 435 g/mol. The molecule has 1 aliphatic rings. The third-order valence-electron chi connectivity index (χ3n) is 5.30. The summed E-state index contributed by atoms with van der Waals surface area (Å²) >= 11 is 3.15. The van der Waals surface area contributed by atoms with Gasteiger partial charge in [0.05, 0.1) is 16.8 Å². The predicted molar refractivity (Wildman–Crippen MR) is 126 cm³/mol. The Balaban J connectivity index is 1.65. The zero-order chi connectivity index (χ0) is 22.0. The van der Waals surface area contributed by atoms with E-state index >= 15 is 0 Å². The Bertz CT molecular complexity index is 1080. The molecule has 0 saturated carbocycles. The van der Waals surface area contributed by atoms with E-state index in [1.807, 2.05) is 0 Å². The quantitative estimate of drug-likeness (QED) is 0.435. The van der Waals surface area contributed by atoms with Crippen LogP contribution in [0.4, 0.5) is 9.39 Å². The summed E-state index contributed by atoms with van der Waals surface area (Å²) in [6, 6.07) is 5.22. The molecule has 0 spiro atoms. The minimum Gasteiger partial charge on any atom is -0.383 e. The number of hydrogen-bond donors (Lipinski definition) is 3. The number of nitrogens with zero attached hydrogens (tertiary/aromatic N) is 1. The van der Waals surface area contributed by atoms with Crippen LogP contribution in [0.2, 0.25) is 0 Å². The fraction of sp³-hybridized carbons (Fsp3) is 0.455. The van der Waals surface area contributed by atoms with E-state index in [0.29, 0.717) is 37.7 Å². The number of fused-ring (bicyclic) bond motifs is 2. The van der Waals surface area contributed by atoms with Crippen LogP contribution < -0.4 is 16.0 Å². The molecule has 2 atom stereocenters. The van der Waals surface area contributed by atoms with Crippen molar-refractivity contribution in [3.63, 3.8) is 0 Å². The Morgan fingerprint density at radius 3 is 2.97 bits per heavy atom. The first-order valence-electron chi connectivity index (χ1n) is 10.4. The summed E-state index contributed by atoms with van der Waals surface area (Å²) in [5.41, 5.74) is 2.87. The molecular formula is C22H27FN4O2S2. The van der Waals surface area contributed by atoms with Crippen LogP contribution in [-0.4, -0.2) is 43.7 Å². The van der Waals surface area contributed by atoms with Gasteiger partial charge in [-0.05, 0) is 38.0 Å². The summed E-state index contributed by atoms with van der Waals surface area (Å²) in [6.07, 6.45) is 1.24. The maximum absolute atomic E-state index is 13.7. The van der Waals surface area contributed by atoms with Crippen LogP contribution >= 0.6 is 22.7 Å². The minimum atomic E-state index is -0.294. The van der Waals surface area contributed by atoms with Crippen molar-refractivity contribution in [1.29, 1.82) is 0 Å². The van der Waals surface area contributed by atoms with Crippen molar-refractivity contribution < 1.29 is 13.9 Å². The van der Waals surface area contributed by atoms with E-state index in [1.165, 1.54) is 33.9 Å². The van der Waals surface area contributed by atoms with Crippen molar-refractivity contribution in [3.05, 3.63) is 34.5 Å². The van der Waals surface area contributed by atoms with Gasteiger partial charge in [0, 0.05) is 55.2 Å². The van der Waals surface area contributed by atoms with Crippen molar-refractivity contribution in [2.75, 3.05) is 32.1 Å². The number of thiophene rings is 1. The van der Waals surface area contributed by atoms with Crippen molar-refractivity contribution in [3.8, 4) is 10.6 Å². The van der Waals surface area contributed by atoms with Gasteiger partial charge in [0.2, 0.25) is 5.91 Å². The first-order chi connectivity index (χ1) is 15.0. The van der Waals surface area contributed by atoms with Crippen molar-refractivity contribution >= 4 is 43.8 Å². The smallest absolute Gasteiger partial charge is 0.226 e. The molecule has 3 aromatic rings. The highest BCUT2D eigenvalue weighted by Gasteiger charge is 2.30. The summed E-state index contributed by atoms with van der Waals surface area (Å²) < 4.78 is 19.6. The second-order valence-corrected chi connectivity index (χ2v) is 9.90. The fourth-order valence-electron chi connectivity index (χ4n) is 3.91. The molecule has 6 nitrogen and oxygen atoms in total. The number of rotatable bonds is 8. The first kappa shape index (κ1) is 22.3. The molecule has 1 aliphatic heterocycles. The Morgan fingerprint density at radius 2 is 2.16 bits per heavy atom. The summed E-state index contributed by atoms with van der Waals surface area (Å²) in [4.78, 5) is 18.6. The van der Waals surface area contributed by atoms with E-state index in [0.717, 1.165) is 26.7 Å². The van der Waals surface area contributed by atoms with Crippen molar-refractivity contribution in [2.45, 2.75) is 38.8 Å². The van der Waals surface area contributed by atoms with Crippen LogP contribution in [0.15, 0.2) is 18.2 Å². The Hall–Kier alpha value is -1.91. The SMILES string of the molecule is COCCNCCC(=O)Nc1sc2c(c1-c1nc3cc(F)ccc3s1)C[C@@H](C)N[C@H]2C. The zero-order valence-electron chi connectivity index (χ0n) is 17.9. The zero-order valence-corrected chi connectivity index (χ0v) is 19.5. The average molecular weight is 463 g/mol. The molecule has 0 unspecified atom stereocenters. The lowest BCUT2D eigenvalue weighted by atomic mass is 9.95. The summed E-state index contributed by atoms with van der Waals surface area (Å²) in [7, 11) is 1.65. The maximum atomic E-state index is 13.7. The van der Waals surface area contributed by atoms with Crippen LogP contribution in [0.5, 0.6) is 0 Å². The molecule has 2 aromatic heterocycles. The highest BCUT2D eigenvalue weighted by molar-refractivity contribution is 7.23. The van der Waals surface area contributed by atoms with Gasteiger partial charge in [-0.2, -0.15) is 0 Å². The van der Waals surface area contributed by atoms with E-state index in [-0.39, 0.29) is 17.8 Å². The largest absolute Gasteiger partial charge is 0.383 e. The van der Waals surface area contributed by atoms with Gasteiger partial charge in [-0.15, -0.1) is 22.7 Å².